The van der Waals surface area contributed by atoms with Crippen molar-refractivity contribution in [2.45, 2.75) is 13.3 Å². The molecule has 0 aromatic carbocycles. The van der Waals surface area contributed by atoms with E-state index >= 15 is 0 Å². The predicted molar refractivity (Wildman–Crippen MR) is 30.3 cm³/mol. The average molecular weight is 201 g/mol. The van der Waals surface area contributed by atoms with Crippen molar-refractivity contribution < 1.29 is 32.7 Å². The topological polar surface area (TPSA) is 12.9 Å². The van der Waals surface area contributed by atoms with Gasteiger partial charge in [0.05, 0.1) is 0 Å². The minimum Gasteiger partial charge on any atom is -0.448 e. The molecule has 0 fully saturated rings. The molecule has 1 nitrogen and oxygen atoms in total. The molecular formula is C5H6NSY-. The van der Waals surface area contributed by atoms with Crippen molar-refractivity contribution >= 4 is 11.3 Å². The van der Waals surface area contributed by atoms with Crippen LogP contribution in [-0.2, 0) is 39.1 Å². The summed E-state index contributed by atoms with van der Waals surface area (Å²) in [4.78, 5) is 5.02. The zero-order chi connectivity index (χ0) is 5.11. The van der Waals surface area contributed by atoms with E-state index in [1.807, 2.05) is 0 Å². The molecule has 0 aliphatic carbocycles. The average Bonchev–Trinajstić information content (AvgIpc) is 2.14. The van der Waals surface area contributed by atoms with Crippen molar-refractivity contribution in [3.8, 4) is 0 Å². The fourth-order valence-corrected chi connectivity index (χ4v) is 0.882. The molecule has 8 heavy (non-hydrogen) atoms. The third-order valence-electron chi connectivity index (χ3n) is 0.758. The molecule has 0 aliphatic rings. The van der Waals surface area contributed by atoms with E-state index in [1.54, 1.807) is 16.8 Å². The Morgan fingerprint density at radius 2 is 2.62 bits per heavy atom. The first-order valence-corrected chi connectivity index (χ1v) is 3.11. The van der Waals surface area contributed by atoms with Crippen molar-refractivity contribution in [2.24, 2.45) is 0 Å². The van der Waals surface area contributed by atoms with Crippen LogP contribution in [0, 0.1) is 6.20 Å². The Morgan fingerprint density at radius 1 is 1.88 bits per heavy atom. The van der Waals surface area contributed by atoms with Gasteiger partial charge in [-0.1, -0.05) is 17.3 Å². The van der Waals surface area contributed by atoms with Gasteiger partial charge in [0.15, 0.2) is 0 Å². The minimum atomic E-state index is 0. The summed E-state index contributed by atoms with van der Waals surface area (Å²) in [6, 6.07) is 0. The van der Waals surface area contributed by atoms with Crippen molar-refractivity contribution in [3.05, 3.63) is 16.6 Å². The second-order valence-corrected chi connectivity index (χ2v) is 2.18. The molecule has 0 N–H and O–H groups in total. The Labute approximate surface area is 78.4 Å². The molecular weight excluding hydrogens is 195 g/mol. The molecule has 0 spiro atoms. The second kappa shape index (κ2) is 4.60. The molecule has 0 bridgehead atoms. The summed E-state index contributed by atoms with van der Waals surface area (Å²) in [7, 11) is 0. The van der Waals surface area contributed by atoms with Gasteiger partial charge < -0.3 is 4.98 Å². The van der Waals surface area contributed by atoms with E-state index in [9.17, 15) is 0 Å². The van der Waals surface area contributed by atoms with Gasteiger partial charge in [0.1, 0.15) is 0 Å². The van der Waals surface area contributed by atoms with E-state index in [2.05, 4.69) is 18.1 Å². The van der Waals surface area contributed by atoms with Crippen LogP contribution in [0.5, 0.6) is 0 Å². The normalized spacial score (nSPS) is 8.12. The first-order valence-electron chi connectivity index (χ1n) is 2.23. The summed E-state index contributed by atoms with van der Waals surface area (Å²) in [5.74, 6) is 0. The molecule has 0 unspecified atom stereocenters. The zero-order valence-corrected chi connectivity index (χ0v) is 8.37. The summed E-state index contributed by atoms with van der Waals surface area (Å²) >= 11 is 1.66. The van der Waals surface area contributed by atoms with E-state index in [-0.39, 0.29) is 32.7 Å². The standard InChI is InChI=1S/C5H6NS.Y/c1-2-5-3-6-4-7-5;/h4H,2H2,1H3;/q-1;. The molecule has 0 amide bonds. The minimum absolute atomic E-state index is 0. The number of nitrogens with zero attached hydrogens (tertiary/aromatic N) is 1. The zero-order valence-electron chi connectivity index (χ0n) is 4.72. The van der Waals surface area contributed by atoms with E-state index in [0.717, 1.165) is 6.42 Å². The molecule has 3 heteroatoms. The molecule has 0 saturated carbocycles. The summed E-state index contributed by atoms with van der Waals surface area (Å²) in [6.45, 7) is 2.10. The van der Waals surface area contributed by atoms with Crippen LogP contribution in [0.25, 0.3) is 0 Å². The van der Waals surface area contributed by atoms with Crippen molar-refractivity contribution in [2.75, 3.05) is 0 Å². The monoisotopic (exact) mass is 201 g/mol. The fourth-order valence-electron chi connectivity index (χ4n) is 0.377. The fraction of sp³-hybridized carbons (Fsp3) is 0.400. The van der Waals surface area contributed by atoms with Crippen molar-refractivity contribution in [3.63, 3.8) is 0 Å². The maximum atomic E-state index is 3.79. The van der Waals surface area contributed by atoms with Crippen LogP contribution in [0.1, 0.15) is 11.8 Å². The Bertz CT molecular complexity index is 127. The van der Waals surface area contributed by atoms with Gasteiger partial charge in [-0.2, -0.15) is 0 Å². The van der Waals surface area contributed by atoms with Crippen LogP contribution in [-0.4, -0.2) is 4.98 Å². The first-order chi connectivity index (χ1) is 3.43. The molecule has 1 radical (unpaired) electrons. The number of aryl methyl sites for hydroxylation is 1. The first kappa shape index (κ1) is 8.73. The SMILES string of the molecule is CCc1[c-]ncs1.[Y]. The van der Waals surface area contributed by atoms with Crippen LogP contribution in [0.4, 0.5) is 0 Å². The summed E-state index contributed by atoms with van der Waals surface area (Å²) in [5, 5.41) is 0. The number of rotatable bonds is 1. The third-order valence-corrected chi connectivity index (χ3v) is 1.63. The van der Waals surface area contributed by atoms with Crippen LogP contribution in [0.2, 0.25) is 0 Å². The third kappa shape index (κ3) is 2.34. The summed E-state index contributed by atoms with van der Waals surface area (Å²) < 4.78 is 0. The van der Waals surface area contributed by atoms with Crippen LogP contribution in [0.15, 0.2) is 5.51 Å². The number of hydrogen-bond donors (Lipinski definition) is 0. The van der Waals surface area contributed by atoms with Crippen molar-refractivity contribution in [1.29, 1.82) is 0 Å². The Kier molecular flexibility index (Phi) is 5.02. The van der Waals surface area contributed by atoms with E-state index in [0.29, 0.717) is 0 Å². The summed E-state index contributed by atoms with van der Waals surface area (Å²) in [6.07, 6.45) is 3.92. The largest absolute Gasteiger partial charge is 0.448 e. The molecule has 0 saturated heterocycles. The van der Waals surface area contributed by atoms with Gasteiger partial charge in [-0.15, -0.1) is 6.20 Å². The van der Waals surface area contributed by atoms with Gasteiger partial charge in [0.2, 0.25) is 0 Å². The maximum absolute atomic E-state index is 3.79. The number of aromatic nitrogens is 1. The molecule has 0 aliphatic heterocycles. The van der Waals surface area contributed by atoms with Crippen LogP contribution in [0.3, 0.4) is 0 Å². The van der Waals surface area contributed by atoms with Crippen LogP contribution < -0.4 is 0 Å². The van der Waals surface area contributed by atoms with Crippen LogP contribution >= 0.6 is 11.3 Å². The molecule has 1 heterocycles. The van der Waals surface area contributed by atoms with E-state index in [4.69, 9.17) is 0 Å². The van der Waals surface area contributed by atoms with Crippen molar-refractivity contribution in [1.82, 2.24) is 4.98 Å². The maximum Gasteiger partial charge on any atom is 0 e. The molecule has 1 aromatic heterocycles. The van der Waals surface area contributed by atoms with Gasteiger partial charge in [0, 0.05) is 32.7 Å². The van der Waals surface area contributed by atoms with E-state index < -0.39 is 0 Å². The van der Waals surface area contributed by atoms with Gasteiger partial charge >= 0.3 is 0 Å². The predicted octanol–water partition coefficient (Wildman–Crippen LogP) is 1.50. The quantitative estimate of drug-likeness (QED) is 0.627. The Hall–Kier alpha value is 0.734. The molecule has 1 aromatic rings. The van der Waals surface area contributed by atoms with E-state index in [1.165, 1.54) is 4.88 Å². The summed E-state index contributed by atoms with van der Waals surface area (Å²) in [5.41, 5.74) is 1.80. The number of thiazole rings is 1. The smallest absolute Gasteiger partial charge is 0 e. The molecule has 41 valence electrons. The Morgan fingerprint density at radius 3 is 2.88 bits per heavy atom. The molecule has 0 atom stereocenters. The van der Waals surface area contributed by atoms with Gasteiger partial charge in [-0.05, 0) is 6.42 Å². The molecule has 1 rings (SSSR count). The number of hydrogen-bond acceptors (Lipinski definition) is 2. The second-order valence-electron chi connectivity index (χ2n) is 1.24. The Balaban J connectivity index is 0.000000490. The van der Waals surface area contributed by atoms with Gasteiger partial charge in [-0.3, -0.25) is 0 Å². The van der Waals surface area contributed by atoms with Gasteiger partial charge in [0.25, 0.3) is 0 Å². The van der Waals surface area contributed by atoms with Gasteiger partial charge in [-0.25, -0.2) is 11.3 Å².